The summed E-state index contributed by atoms with van der Waals surface area (Å²) in [5.41, 5.74) is 3.27. The minimum Gasteiger partial charge on any atom is -0.469 e. The van der Waals surface area contributed by atoms with Crippen LogP contribution in [0, 0.1) is 0 Å². The SMILES string of the molecule is COC(=O)C1CNCc2[nH]c3ccc(CC(=O)OC(C)(C)C)cc3c21. The van der Waals surface area contributed by atoms with E-state index < -0.39 is 5.60 Å². The van der Waals surface area contributed by atoms with Crippen molar-refractivity contribution < 1.29 is 19.1 Å². The summed E-state index contributed by atoms with van der Waals surface area (Å²) in [5, 5.41) is 4.20. The number of esters is 2. The van der Waals surface area contributed by atoms with E-state index in [-0.39, 0.29) is 24.3 Å². The first-order valence-electron chi connectivity index (χ1n) is 8.42. The van der Waals surface area contributed by atoms with E-state index in [4.69, 9.17) is 9.47 Å². The van der Waals surface area contributed by atoms with Crippen LogP contribution in [0.4, 0.5) is 0 Å². The molecule has 1 atom stereocenters. The van der Waals surface area contributed by atoms with Crippen LogP contribution >= 0.6 is 0 Å². The van der Waals surface area contributed by atoms with Gasteiger partial charge in [0.15, 0.2) is 0 Å². The highest BCUT2D eigenvalue weighted by molar-refractivity contribution is 5.92. The van der Waals surface area contributed by atoms with Gasteiger partial charge in [0, 0.05) is 29.7 Å². The molecule has 2 aromatic rings. The number of rotatable bonds is 3. The summed E-state index contributed by atoms with van der Waals surface area (Å²) in [7, 11) is 1.40. The smallest absolute Gasteiger partial charge is 0.314 e. The van der Waals surface area contributed by atoms with Gasteiger partial charge >= 0.3 is 11.9 Å². The summed E-state index contributed by atoms with van der Waals surface area (Å²) in [5.74, 6) is -0.867. The molecule has 2 heterocycles. The Labute approximate surface area is 146 Å². The Bertz CT molecular complexity index is 817. The van der Waals surface area contributed by atoms with Crippen LogP contribution in [-0.2, 0) is 32.0 Å². The molecule has 1 aliphatic rings. The van der Waals surface area contributed by atoms with Crippen LogP contribution in [0.5, 0.6) is 0 Å². The first-order chi connectivity index (χ1) is 11.8. The number of aromatic amines is 1. The van der Waals surface area contributed by atoms with E-state index >= 15 is 0 Å². The van der Waals surface area contributed by atoms with E-state index in [0.29, 0.717) is 13.1 Å². The van der Waals surface area contributed by atoms with Crippen molar-refractivity contribution in [1.29, 1.82) is 0 Å². The van der Waals surface area contributed by atoms with Gasteiger partial charge in [0.25, 0.3) is 0 Å². The van der Waals surface area contributed by atoms with Gasteiger partial charge in [-0.05, 0) is 44.0 Å². The molecule has 0 saturated carbocycles. The molecule has 0 aliphatic carbocycles. The highest BCUT2D eigenvalue weighted by atomic mass is 16.6. The lowest BCUT2D eigenvalue weighted by atomic mass is 9.92. The first kappa shape index (κ1) is 17.5. The lowest BCUT2D eigenvalue weighted by molar-refractivity contribution is -0.154. The van der Waals surface area contributed by atoms with Gasteiger partial charge in [-0.2, -0.15) is 0 Å². The molecular formula is C19H24N2O4. The molecular weight excluding hydrogens is 320 g/mol. The quantitative estimate of drug-likeness (QED) is 0.836. The molecule has 0 amide bonds. The first-order valence-corrected chi connectivity index (χ1v) is 8.42. The molecule has 2 N–H and O–H groups in total. The summed E-state index contributed by atoms with van der Waals surface area (Å²) in [6, 6.07) is 5.83. The Hall–Kier alpha value is -2.34. The van der Waals surface area contributed by atoms with Gasteiger partial charge in [-0.15, -0.1) is 0 Å². The molecule has 25 heavy (non-hydrogen) atoms. The zero-order valence-electron chi connectivity index (χ0n) is 15.1. The van der Waals surface area contributed by atoms with Gasteiger partial charge in [0.1, 0.15) is 5.60 Å². The number of hydrogen-bond acceptors (Lipinski definition) is 5. The Morgan fingerprint density at radius 1 is 1.28 bits per heavy atom. The van der Waals surface area contributed by atoms with Crippen molar-refractivity contribution in [2.24, 2.45) is 0 Å². The number of hydrogen-bond donors (Lipinski definition) is 2. The normalized spacial score (nSPS) is 17.2. The monoisotopic (exact) mass is 344 g/mol. The van der Waals surface area contributed by atoms with Crippen molar-refractivity contribution in [3.05, 3.63) is 35.0 Å². The third-order valence-electron chi connectivity index (χ3n) is 4.24. The van der Waals surface area contributed by atoms with Gasteiger partial charge in [0.2, 0.25) is 0 Å². The maximum Gasteiger partial charge on any atom is 0.314 e. The maximum absolute atomic E-state index is 12.1. The van der Waals surface area contributed by atoms with Gasteiger partial charge in [-0.1, -0.05) is 6.07 Å². The lowest BCUT2D eigenvalue weighted by Crippen LogP contribution is -2.32. The molecule has 1 aromatic carbocycles. The molecule has 6 nitrogen and oxygen atoms in total. The number of carbonyl (C=O) groups is 2. The molecule has 6 heteroatoms. The van der Waals surface area contributed by atoms with Crippen LogP contribution in [-0.4, -0.2) is 36.2 Å². The molecule has 1 aliphatic heterocycles. The Kier molecular flexibility index (Phi) is 4.56. The van der Waals surface area contributed by atoms with Crippen LogP contribution < -0.4 is 5.32 Å². The fourth-order valence-electron chi connectivity index (χ4n) is 3.29. The second kappa shape index (κ2) is 6.52. The zero-order valence-corrected chi connectivity index (χ0v) is 15.1. The van der Waals surface area contributed by atoms with Crippen molar-refractivity contribution in [2.45, 2.75) is 45.3 Å². The van der Waals surface area contributed by atoms with Crippen molar-refractivity contribution in [3.8, 4) is 0 Å². The molecule has 0 spiro atoms. The van der Waals surface area contributed by atoms with E-state index in [2.05, 4.69) is 10.3 Å². The average molecular weight is 344 g/mol. The number of aromatic nitrogens is 1. The standard InChI is InChI=1S/C19H24N2O4/c1-19(2,3)25-16(22)8-11-5-6-14-12(7-11)17-13(18(23)24-4)9-20-10-15(17)21-14/h5-7,13,20-21H,8-10H2,1-4H3. The van der Waals surface area contributed by atoms with Crippen molar-refractivity contribution in [1.82, 2.24) is 10.3 Å². The summed E-state index contributed by atoms with van der Waals surface area (Å²) in [4.78, 5) is 27.6. The van der Waals surface area contributed by atoms with Gasteiger partial charge in [-0.3, -0.25) is 9.59 Å². The number of nitrogens with one attached hydrogen (secondary N) is 2. The highest BCUT2D eigenvalue weighted by Gasteiger charge is 2.30. The largest absolute Gasteiger partial charge is 0.469 e. The molecule has 134 valence electrons. The minimum absolute atomic E-state index is 0.203. The number of fused-ring (bicyclic) bond motifs is 3. The molecule has 0 radical (unpaired) electrons. The van der Waals surface area contributed by atoms with E-state index in [1.807, 2.05) is 39.0 Å². The van der Waals surface area contributed by atoms with E-state index in [0.717, 1.165) is 27.7 Å². The average Bonchev–Trinajstić information content (AvgIpc) is 2.90. The van der Waals surface area contributed by atoms with Crippen LogP contribution in [0.15, 0.2) is 18.2 Å². The summed E-state index contributed by atoms with van der Waals surface area (Å²) < 4.78 is 10.3. The predicted octanol–water partition coefficient (Wildman–Crippen LogP) is 2.41. The van der Waals surface area contributed by atoms with Gasteiger partial charge < -0.3 is 19.8 Å². The third-order valence-corrected chi connectivity index (χ3v) is 4.24. The van der Waals surface area contributed by atoms with Crippen LogP contribution in [0.25, 0.3) is 10.9 Å². The summed E-state index contributed by atoms with van der Waals surface area (Å²) in [6.07, 6.45) is 0.203. The fraction of sp³-hybridized carbons (Fsp3) is 0.474. The number of benzene rings is 1. The number of carbonyl (C=O) groups excluding carboxylic acids is 2. The maximum atomic E-state index is 12.1. The summed E-state index contributed by atoms with van der Waals surface area (Å²) >= 11 is 0. The molecule has 3 rings (SSSR count). The van der Waals surface area contributed by atoms with E-state index in [1.54, 1.807) is 0 Å². The molecule has 0 fully saturated rings. The number of H-pyrrole nitrogens is 1. The van der Waals surface area contributed by atoms with Gasteiger partial charge in [0.05, 0.1) is 19.4 Å². The highest BCUT2D eigenvalue weighted by Crippen LogP contribution is 2.33. The Morgan fingerprint density at radius 2 is 2.04 bits per heavy atom. The second-order valence-corrected chi connectivity index (χ2v) is 7.37. The zero-order chi connectivity index (χ0) is 18.2. The van der Waals surface area contributed by atoms with Crippen molar-refractivity contribution in [3.63, 3.8) is 0 Å². The number of methoxy groups -OCH3 is 1. The number of ether oxygens (including phenoxy) is 2. The van der Waals surface area contributed by atoms with Crippen LogP contribution in [0.3, 0.4) is 0 Å². The summed E-state index contributed by atoms with van der Waals surface area (Å²) in [6.45, 7) is 6.78. The van der Waals surface area contributed by atoms with Crippen LogP contribution in [0.2, 0.25) is 0 Å². The Morgan fingerprint density at radius 3 is 2.72 bits per heavy atom. The fourth-order valence-corrected chi connectivity index (χ4v) is 3.29. The Balaban J connectivity index is 1.95. The topological polar surface area (TPSA) is 80.4 Å². The minimum atomic E-state index is -0.504. The van der Waals surface area contributed by atoms with Crippen molar-refractivity contribution in [2.75, 3.05) is 13.7 Å². The predicted molar refractivity (Wildman–Crippen MR) is 94.3 cm³/mol. The lowest BCUT2D eigenvalue weighted by Gasteiger charge is -2.22. The van der Waals surface area contributed by atoms with Crippen molar-refractivity contribution >= 4 is 22.8 Å². The molecule has 0 saturated heterocycles. The van der Waals surface area contributed by atoms with Crippen LogP contribution in [0.1, 0.15) is 43.5 Å². The third kappa shape index (κ3) is 3.69. The molecule has 0 bridgehead atoms. The van der Waals surface area contributed by atoms with Gasteiger partial charge in [-0.25, -0.2) is 0 Å². The molecule has 1 aromatic heterocycles. The molecule has 1 unspecified atom stereocenters. The second-order valence-electron chi connectivity index (χ2n) is 7.37. The van der Waals surface area contributed by atoms with E-state index in [9.17, 15) is 9.59 Å². The van der Waals surface area contributed by atoms with E-state index in [1.165, 1.54) is 7.11 Å².